The molecule has 2 atom stereocenters. The van der Waals surface area contributed by atoms with Gasteiger partial charge in [0.05, 0.1) is 11.9 Å². The second-order valence-electron chi connectivity index (χ2n) is 2.26. The van der Waals surface area contributed by atoms with Crippen molar-refractivity contribution in [2.45, 2.75) is 18.7 Å². The molecule has 0 aliphatic rings. The highest BCUT2D eigenvalue weighted by Crippen LogP contribution is 2.09. The third-order valence-electron chi connectivity index (χ3n) is 1.37. The molecule has 0 aliphatic heterocycles. The van der Waals surface area contributed by atoms with Gasteiger partial charge in [0.15, 0.2) is 5.78 Å². The van der Waals surface area contributed by atoms with Crippen molar-refractivity contribution in [3.63, 3.8) is 0 Å². The molecule has 0 fully saturated rings. The van der Waals surface area contributed by atoms with Gasteiger partial charge in [0.1, 0.15) is 5.92 Å². The van der Waals surface area contributed by atoms with E-state index in [1.165, 1.54) is 14.0 Å². The molecule has 0 unspecified atom stereocenters. The highest BCUT2D eigenvalue weighted by molar-refractivity contribution is 9.10. The monoisotopic (exact) mass is 222 g/mol. The van der Waals surface area contributed by atoms with E-state index in [-0.39, 0.29) is 10.6 Å². The van der Waals surface area contributed by atoms with Crippen molar-refractivity contribution in [3.05, 3.63) is 0 Å². The number of alkyl halides is 1. The maximum Gasteiger partial charge on any atom is 0.315 e. The molecule has 4 heteroatoms. The van der Waals surface area contributed by atoms with Crippen molar-refractivity contribution in [2.75, 3.05) is 7.11 Å². The number of hydrogen-bond acceptors (Lipinski definition) is 3. The molecule has 0 rings (SSSR count). The molecular weight excluding hydrogens is 212 g/mol. The summed E-state index contributed by atoms with van der Waals surface area (Å²) in [6.45, 7) is 3.22. The first-order valence-electron chi connectivity index (χ1n) is 3.26. The molecule has 0 radical (unpaired) electrons. The quantitative estimate of drug-likeness (QED) is 0.409. The van der Waals surface area contributed by atoms with Crippen LogP contribution in [0.4, 0.5) is 0 Å². The Kier molecular flexibility index (Phi) is 4.33. The fourth-order valence-corrected chi connectivity index (χ4v) is 1.03. The molecule has 0 saturated heterocycles. The highest BCUT2D eigenvalue weighted by Gasteiger charge is 2.24. The van der Waals surface area contributed by atoms with Gasteiger partial charge >= 0.3 is 5.97 Å². The molecule has 3 nitrogen and oxygen atoms in total. The minimum Gasteiger partial charge on any atom is -0.468 e. The molecule has 0 saturated carbocycles. The Hall–Kier alpha value is -0.380. The fraction of sp³-hybridized carbons (Fsp3) is 0.714. The summed E-state index contributed by atoms with van der Waals surface area (Å²) >= 11 is 3.08. The van der Waals surface area contributed by atoms with Gasteiger partial charge in [-0.1, -0.05) is 15.9 Å². The average Bonchev–Trinajstić information content (AvgIpc) is 2.00. The van der Waals surface area contributed by atoms with E-state index in [0.29, 0.717) is 0 Å². The molecule has 11 heavy (non-hydrogen) atoms. The lowest BCUT2D eigenvalue weighted by Gasteiger charge is -2.08. The van der Waals surface area contributed by atoms with E-state index in [9.17, 15) is 9.59 Å². The first-order chi connectivity index (χ1) is 5.00. The predicted molar refractivity (Wildman–Crippen MR) is 44.6 cm³/mol. The number of ketones is 1. The van der Waals surface area contributed by atoms with Crippen LogP contribution in [-0.2, 0) is 14.3 Å². The highest BCUT2D eigenvalue weighted by atomic mass is 79.9. The molecule has 0 aromatic heterocycles. The van der Waals surface area contributed by atoms with Crippen LogP contribution in [0.1, 0.15) is 13.8 Å². The van der Waals surface area contributed by atoms with Gasteiger partial charge in [-0.3, -0.25) is 9.59 Å². The number of methoxy groups -OCH3 is 1. The van der Waals surface area contributed by atoms with Gasteiger partial charge in [0, 0.05) is 0 Å². The summed E-state index contributed by atoms with van der Waals surface area (Å²) in [5.41, 5.74) is 0. The number of hydrogen-bond donors (Lipinski definition) is 0. The Bertz CT molecular complexity index is 165. The largest absolute Gasteiger partial charge is 0.468 e. The van der Waals surface area contributed by atoms with Gasteiger partial charge in [-0.05, 0) is 13.8 Å². The predicted octanol–water partition coefficient (Wildman–Crippen LogP) is 1.15. The SMILES string of the molecule is COC(=O)[C@@H](C)C(=O)[C@@H](C)Br. The number of esters is 1. The lowest BCUT2D eigenvalue weighted by molar-refractivity contribution is -0.148. The summed E-state index contributed by atoms with van der Waals surface area (Å²) in [5.74, 6) is -1.31. The van der Waals surface area contributed by atoms with Crippen molar-refractivity contribution in [3.8, 4) is 0 Å². The van der Waals surface area contributed by atoms with E-state index < -0.39 is 11.9 Å². The van der Waals surface area contributed by atoms with Gasteiger partial charge in [-0.2, -0.15) is 0 Å². The third-order valence-corrected chi connectivity index (χ3v) is 1.82. The Morgan fingerprint density at radius 3 is 2.09 bits per heavy atom. The van der Waals surface area contributed by atoms with Crippen LogP contribution >= 0.6 is 15.9 Å². The number of rotatable bonds is 3. The zero-order valence-corrected chi connectivity index (χ0v) is 8.34. The summed E-state index contributed by atoms with van der Waals surface area (Å²) in [4.78, 5) is 21.6. The van der Waals surface area contributed by atoms with Crippen LogP contribution in [0.3, 0.4) is 0 Å². The maximum atomic E-state index is 11.1. The molecule has 0 bridgehead atoms. The van der Waals surface area contributed by atoms with Crippen LogP contribution in [0.25, 0.3) is 0 Å². The topological polar surface area (TPSA) is 43.4 Å². The normalized spacial score (nSPS) is 15.3. The van der Waals surface area contributed by atoms with Crippen molar-refractivity contribution >= 4 is 27.7 Å². The summed E-state index contributed by atoms with van der Waals surface area (Å²) in [6, 6.07) is 0. The van der Waals surface area contributed by atoms with Gasteiger partial charge < -0.3 is 4.74 Å². The summed E-state index contributed by atoms with van der Waals surface area (Å²) in [7, 11) is 1.27. The molecule has 0 spiro atoms. The minimum absolute atomic E-state index is 0.156. The molecular formula is C7H11BrO3. The van der Waals surface area contributed by atoms with E-state index in [1.807, 2.05) is 0 Å². The van der Waals surface area contributed by atoms with E-state index >= 15 is 0 Å². The Morgan fingerprint density at radius 1 is 1.36 bits per heavy atom. The molecule has 0 amide bonds. The Balaban J connectivity index is 4.13. The fourth-order valence-electron chi connectivity index (χ4n) is 0.637. The zero-order valence-electron chi connectivity index (χ0n) is 6.76. The van der Waals surface area contributed by atoms with Gasteiger partial charge in [0.25, 0.3) is 0 Å². The van der Waals surface area contributed by atoms with Crippen LogP contribution in [0.15, 0.2) is 0 Å². The first kappa shape index (κ1) is 10.6. The van der Waals surface area contributed by atoms with Gasteiger partial charge in [0.2, 0.25) is 0 Å². The van der Waals surface area contributed by atoms with Crippen LogP contribution in [0, 0.1) is 5.92 Å². The third kappa shape index (κ3) is 3.01. The number of carbonyl (C=O) groups excluding carboxylic acids is 2. The standard InChI is InChI=1S/C7H11BrO3/c1-4(7(10)11-3)6(9)5(2)8/h4-5H,1-3H3/t4-,5+/m0/s1. The van der Waals surface area contributed by atoms with Crippen LogP contribution in [-0.4, -0.2) is 23.7 Å². The minimum atomic E-state index is -0.672. The van der Waals surface area contributed by atoms with Crippen LogP contribution in [0.5, 0.6) is 0 Å². The molecule has 0 N–H and O–H groups in total. The van der Waals surface area contributed by atoms with Gasteiger partial charge in [-0.15, -0.1) is 0 Å². The lowest BCUT2D eigenvalue weighted by atomic mass is 10.1. The number of Topliss-reactive ketones (excluding diaryl/α,β-unsaturated/α-hetero) is 1. The summed E-state index contributed by atoms with van der Waals surface area (Å²) in [5, 5.41) is 0. The summed E-state index contributed by atoms with van der Waals surface area (Å²) in [6.07, 6.45) is 0. The molecule has 0 heterocycles. The van der Waals surface area contributed by atoms with Crippen molar-refractivity contribution in [1.29, 1.82) is 0 Å². The van der Waals surface area contributed by atoms with Gasteiger partial charge in [-0.25, -0.2) is 0 Å². The smallest absolute Gasteiger partial charge is 0.315 e. The number of ether oxygens (including phenoxy) is 1. The van der Waals surface area contributed by atoms with Crippen molar-refractivity contribution in [2.24, 2.45) is 5.92 Å². The molecule has 0 aromatic rings. The van der Waals surface area contributed by atoms with Crippen molar-refractivity contribution < 1.29 is 14.3 Å². The number of halogens is 1. The molecule has 0 aromatic carbocycles. The lowest BCUT2D eigenvalue weighted by Crippen LogP contribution is -2.27. The summed E-state index contributed by atoms with van der Waals surface area (Å²) < 4.78 is 4.40. The van der Waals surface area contributed by atoms with E-state index in [4.69, 9.17) is 0 Å². The van der Waals surface area contributed by atoms with Crippen LogP contribution in [0.2, 0.25) is 0 Å². The maximum absolute atomic E-state index is 11.1. The van der Waals surface area contributed by atoms with E-state index in [0.717, 1.165) is 0 Å². The second-order valence-corrected chi connectivity index (χ2v) is 3.64. The molecule has 64 valence electrons. The van der Waals surface area contributed by atoms with E-state index in [1.54, 1.807) is 6.92 Å². The zero-order chi connectivity index (χ0) is 9.02. The van der Waals surface area contributed by atoms with Crippen molar-refractivity contribution in [1.82, 2.24) is 0 Å². The average molecular weight is 223 g/mol. The van der Waals surface area contributed by atoms with Crippen LogP contribution < -0.4 is 0 Å². The van der Waals surface area contributed by atoms with E-state index in [2.05, 4.69) is 20.7 Å². The Labute approximate surface area is 74.2 Å². The Morgan fingerprint density at radius 2 is 1.82 bits per heavy atom. The molecule has 0 aliphatic carbocycles. The number of carbonyl (C=O) groups is 2. The first-order valence-corrected chi connectivity index (χ1v) is 4.18. The second kappa shape index (κ2) is 4.49.